The summed E-state index contributed by atoms with van der Waals surface area (Å²) in [7, 11) is 0. The lowest BCUT2D eigenvalue weighted by Crippen LogP contribution is -1.95. The average molecular weight is 277 g/mol. The van der Waals surface area contributed by atoms with E-state index >= 15 is 0 Å². The number of halogens is 2. The first-order chi connectivity index (χ1) is 8.66. The molecule has 18 heavy (non-hydrogen) atoms. The van der Waals surface area contributed by atoms with Crippen LogP contribution >= 0.6 is 23.2 Å². The number of carbonyl (C=O) groups is 1. The highest BCUT2D eigenvalue weighted by Gasteiger charge is 2.07. The summed E-state index contributed by atoms with van der Waals surface area (Å²) in [6.45, 7) is 0. The number of carbonyl (C=O) groups excluding carboxylic acids is 1. The Morgan fingerprint density at radius 2 is 1.72 bits per heavy atom. The number of ketones is 1. The standard InChI is InChI=1S/C15H10Cl2O/c16-12-7-8-14(17)13(10-12)15(18)9-6-11-4-2-1-3-5-11/h1-10H/b9-6+. The van der Waals surface area contributed by atoms with Gasteiger partial charge in [-0.25, -0.2) is 0 Å². The molecule has 0 atom stereocenters. The largest absolute Gasteiger partial charge is 0.289 e. The molecule has 0 spiro atoms. The van der Waals surface area contributed by atoms with E-state index in [1.54, 1.807) is 24.3 Å². The second kappa shape index (κ2) is 5.85. The Kier molecular flexibility index (Phi) is 4.19. The van der Waals surface area contributed by atoms with Crippen LogP contribution in [-0.4, -0.2) is 5.78 Å². The fourth-order valence-corrected chi connectivity index (χ4v) is 1.89. The van der Waals surface area contributed by atoms with Crippen LogP contribution in [-0.2, 0) is 0 Å². The number of rotatable bonds is 3. The van der Waals surface area contributed by atoms with E-state index in [0.29, 0.717) is 15.6 Å². The second-order valence-electron chi connectivity index (χ2n) is 3.73. The van der Waals surface area contributed by atoms with Gasteiger partial charge in [-0.3, -0.25) is 4.79 Å². The Bertz CT molecular complexity index is 589. The van der Waals surface area contributed by atoms with Crippen molar-refractivity contribution in [3.05, 3.63) is 75.8 Å². The molecule has 2 rings (SSSR count). The van der Waals surface area contributed by atoms with Crippen LogP contribution in [0.5, 0.6) is 0 Å². The van der Waals surface area contributed by atoms with Gasteiger partial charge in [-0.05, 0) is 29.8 Å². The predicted molar refractivity (Wildman–Crippen MR) is 76.3 cm³/mol. The van der Waals surface area contributed by atoms with Crippen molar-refractivity contribution in [2.45, 2.75) is 0 Å². The Labute approximate surface area is 116 Å². The van der Waals surface area contributed by atoms with Gasteiger partial charge in [0.05, 0.1) is 5.02 Å². The minimum atomic E-state index is -0.161. The zero-order valence-electron chi connectivity index (χ0n) is 9.44. The molecule has 0 aliphatic heterocycles. The monoisotopic (exact) mass is 276 g/mol. The zero-order valence-corrected chi connectivity index (χ0v) is 10.9. The lowest BCUT2D eigenvalue weighted by Gasteiger charge is -2.00. The SMILES string of the molecule is O=C(/C=C/c1ccccc1)c1cc(Cl)ccc1Cl. The fourth-order valence-electron chi connectivity index (χ4n) is 1.51. The van der Waals surface area contributed by atoms with Crippen molar-refractivity contribution in [2.24, 2.45) is 0 Å². The molecular formula is C15H10Cl2O. The summed E-state index contributed by atoms with van der Waals surface area (Å²) in [6.07, 6.45) is 3.24. The number of benzene rings is 2. The highest BCUT2D eigenvalue weighted by Crippen LogP contribution is 2.21. The third kappa shape index (κ3) is 3.22. The van der Waals surface area contributed by atoms with E-state index in [1.165, 1.54) is 6.08 Å². The average Bonchev–Trinajstić information content (AvgIpc) is 2.40. The van der Waals surface area contributed by atoms with E-state index in [0.717, 1.165) is 5.56 Å². The molecule has 90 valence electrons. The summed E-state index contributed by atoms with van der Waals surface area (Å²) < 4.78 is 0. The van der Waals surface area contributed by atoms with Gasteiger partial charge in [0.1, 0.15) is 0 Å². The van der Waals surface area contributed by atoms with Crippen LogP contribution < -0.4 is 0 Å². The molecule has 0 aromatic heterocycles. The van der Waals surface area contributed by atoms with Crippen molar-refractivity contribution in [3.8, 4) is 0 Å². The van der Waals surface area contributed by atoms with Gasteiger partial charge in [0, 0.05) is 10.6 Å². The van der Waals surface area contributed by atoms with Crippen LogP contribution in [0.3, 0.4) is 0 Å². The van der Waals surface area contributed by atoms with Crippen LogP contribution in [0.2, 0.25) is 10.0 Å². The summed E-state index contributed by atoms with van der Waals surface area (Å²) in [5.74, 6) is -0.161. The van der Waals surface area contributed by atoms with Crippen LogP contribution in [0.25, 0.3) is 6.08 Å². The smallest absolute Gasteiger partial charge is 0.187 e. The van der Waals surface area contributed by atoms with Gasteiger partial charge in [0.2, 0.25) is 0 Å². The van der Waals surface area contributed by atoms with Crippen molar-refractivity contribution in [3.63, 3.8) is 0 Å². The molecule has 1 nitrogen and oxygen atoms in total. The molecule has 0 aliphatic rings. The highest BCUT2D eigenvalue weighted by atomic mass is 35.5. The third-order valence-corrected chi connectivity index (χ3v) is 2.99. The van der Waals surface area contributed by atoms with Crippen molar-refractivity contribution in [1.29, 1.82) is 0 Å². The highest BCUT2D eigenvalue weighted by molar-refractivity contribution is 6.36. The number of hydrogen-bond acceptors (Lipinski definition) is 1. The Hall–Kier alpha value is -1.57. The molecule has 2 aromatic carbocycles. The normalized spacial score (nSPS) is 10.8. The molecule has 0 unspecified atom stereocenters. The van der Waals surface area contributed by atoms with Gasteiger partial charge >= 0.3 is 0 Å². The van der Waals surface area contributed by atoms with Crippen LogP contribution in [0.15, 0.2) is 54.6 Å². The maximum atomic E-state index is 12.0. The molecule has 0 bridgehead atoms. The van der Waals surface area contributed by atoms with Crippen LogP contribution in [0.1, 0.15) is 15.9 Å². The van der Waals surface area contributed by atoms with Gasteiger partial charge in [-0.1, -0.05) is 59.6 Å². The minimum absolute atomic E-state index is 0.161. The lowest BCUT2D eigenvalue weighted by atomic mass is 10.1. The van der Waals surface area contributed by atoms with E-state index in [1.807, 2.05) is 30.3 Å². The molecule has 0 amide bonds. The molecule has 0 aliphatic carbocycles. The summed E-state index contributed by atoms with van der Waals surface area (Å²) in [5, 5.41) is 0.901. The lowest BCUT2D eigenvalue weighted by molar-refractivity contribution is 0.104. The Morgan fingerprint density at radius 3 is 2.44 bits per heavy atom. The topological polar surface area (TPSA) is 17.1 Å². The maximum absolute atomic E-state index is 12.0. The third-order valence-electron chi connectivity index (χ3n) is 2.42. The van der Waals surface area contributed by atoms with Gasteiger partial charge in [0.15, 0.2) is 5.78 Å². The second-order valence-corrected chi connectivity index (χ2v) is 4.58. The summed E-state index contributed by atoms with van der Waals surface area (Å²) in [4.78, 5) is 12.0. The molecule has 3 heteroatoms. The summed E-state index contributed by atoms with van der Waals surface area (Å²) >= 11 is 11.8. The molecule has 0 heterocycles. The minimum Gasteiger partial charge on any atom is -0.289 e. The molecular weight excluding hydrogens is 267 g/mol. The van der Waals surface area contributed by atoms with E-state index in [9.17, 15) is 4.79 Å². The first kappa shape index (κ1) is 12.9. The van der Waals surface area contributed by atoms with Crippen molar-refractivity contribution in [2.75, 3.05) is 0 Å². The van der Waals surface area contributed by atoms with Gasteiger partial charge in [0.25, 0.3) is 0 Å². The molecule has 0 radical (unpaired) electrons. The van der Waals surface area contributed by atoms with Gasteiger partial charge < -0.3 is 0 Å². The van der Waals surface area contributed by atoms with E-state index in [-0.39, 0.29) is 5.78 Å². The Balaban J connectivity index is 2.22. The zero-order chi connectivity index (χ0) is 13.0. The van der Waals surface area contributed by atoms with Gasteiger partial charge in [-0.15, -0.1) is 0 Å². The van der Waals surface area contributed by atoms with Crippen molar-refractivity contribution >= 4 is 35.1 Å². The van der Waals surface area contributed by atoms with Crippen molar-refractivity contribution in [1.82, 2.24) is 0 Å². The fraction of sp³-hybridized carbons (Fsp3) is 0. The van der Waals surface area contributed by atoms with Gasteiger partial charge in [-0.2, -0.15) is 0 Å². The molecule has 0 saturated heterocycles. The quantitative estimate of drug-likeness (QED) is 0.576. The summed E-state index contributed by atoms with van der Waals surface area (Å²) in [5.41, 5.74) is 1.38. The maximum Gasteiger partial charge on any atom is 0.187 e. The molecule has 0 N–H and O–H groups in total. The molecule has 2 aromatic rings. The van der Waals surface area contributed by atoms with E-state index in [4.69, 9.17) is 23.2 Å². The Morgan fingerprint density at radius 1 is 1.00 bits per heavy atom. The van der Waals surface area contributed by atoms with Crippen molar-refractivity contribution < 1.29 is 4.79 Å². The first-order valence-electron chi connectivity index (χ1n) is 5.39. The predicted octanol–water partition coefficient (Wildman–Crippen LogP) is 4.89. The number of hydrogen-bond donors (Lipinski definition) is 0. The van der Waals surface area contributed by atoms with E-state index < -0.39 is 0 Å². The van der Waals surface area contributed by atoms with E-state index in [2.05, 4.69) is 0 Å². The number of allylic oxidation sites excluding steroid dienone is 1. The van der Waals surface area contributed by atoms with Crippen LogP contribution in [0, 0.1) is 0 Å². The molecule has 0 saturated carbocycles. The summed E-state index contributed by atoms with van der Waals surface area (Å²) in [6, 6.07) is 14.4. The molecule has 0 fully saturated rings. The first-order valence-corrected chi connectivity index (χ1v) is 6.15. The van der Waals surface area contributed by atoms with Crippen LogP contribution in [0.4, 0.5) is 0 Å².